The number of hydrogen-bond donors (Lipinski definition) is 0. The fourth-order valence-corrected chi connectivity index (χ4v) is 5.68. The van der Waals surface area contributed by atoms with Crippen LogP contribution in [0.15, 0.2) is 71.6 Å². The number of anilines is 1. The summed E-state index contributed by atoms with van der Waals surface area (Å²) in [6.45, 7) is 2.51. The molecular weight excluding hydrogens is 467 g/mol. The minimum Gasteiger partial charge on any atom is -0.336 e. The molecule has 3 aromatic rings. The van der Waals surface area contributed by atoms with E-state index >= 15 is 0 Å². The first-order chi connectivity index (χ1) is 15.2. The zero-order valence-electron chi connectivity index (χ0n) is 17.5. The second-order valence-electron chi connectivity index (χ2n) is 7.79. The third-order valence-corrected chi connectivity index (χ3v) is 7.73. The Kier molecular flexibility index (Phi) is 6.47. The van der Waals surface area contributed by atoms with E-state index in [0.29, 0.717) is 13.1 Å². The van der Waals surface area contributed by atoms with Crippen LogP contribution in [0.5, 0.6) is 0 Å². The second-order valence-corrected chi connectivity index (χ2v) is 10.5. The van der Waals surface area contributed by atoms with Crippen molar-refractivity contribution in [1.29, 1.82) is 0 Å². The first kappa shape index (κ1) is 22.6. The lowest BCUT2D eigenvalue weighted by atomic mass is 10.00. The molecule has 0 fully saturated rings. The SMILES string of the molecule is Cc1ccc(S(=O)(=O)N(CC(=O)N2CCc3ccccc3C2)c2cc(Cl)cc(Cl)c2)cc1. The Bertz CT molecular complexity index is 1240. The number of carbonyl (C=O) groups is 1. The van der Waals surface area contributed by atoms with Crippen LogP contribution in [-0.4, -0.2) is 32.3 Å². The van der Waals surface area contributed by atoms with Gasteiger partial charge in [0.25, 0.3) is 10.0 Å². The second kappa shape index (κ2) is 9.14. The maximum atomic E-state index is 13.6. The van der Waals surface area contributed by atoms with Crippen LogP contribution in [0, 0.1) is 6.92 Å². The van der Waals surface area contributed by atoms with E-state index in [4.69, 9.17) is 23.2 Å². The number of aryl methyl sites for hydroxylation is 1. The molecule has 0 saturated carbocycles. The van der Waals surface area contributed by atoms with Gasteiger partial charge in [0.1, 0.15) is 6.54 Å². The molecule has 0 N–H and O–H groups in total. The largest absolute Gasteiger partial charge is 0.336 e. The highest BCUT2D eigenvalue weighted by molar-refractivity contribution is 7.92. The highest BCUT2D eigenvalue weighted by Gasteiger charge is 2.30. The number of nitrogens with zero attached hydrogens (tertiary/aromatic N) is 2. The van der Waals surface area contributed by atoms with Crippen LogP contribution in [0.25, 0.3) is 0 Å². The van der Waals surface area contributed by atoms with E-state index in [2.05, 4.69) is 6.07 Å². The Morgan fingerprint density at radius 1 is 0.969 bits per heavy atom. The van der Waals surface area contributed by atoms with Gasteiger partial charge in [0.2, 0.25) is 5.91 Å². The number of fused-ring (bicyclic) bond motifs is 1. The lowest BCUT2D eigenvalue weighted by Gasteiger charge is -2.32. The quantitative estimate of drug-likeness (QED) is 0.502. The van der Waals surface area contributed by atoms with Gasteiger partial charge in [-0.2, -0.15) is 0 Å². The summed E-state index contributed by atoms with van der Waals surface area (Å²) in [5, 5.41) is 0.576. The molecule has 1 amide bonds. The van der Waals surface area contributed by atoms with Crippen LogP contribution in [0.3, 0.4) is 0 Å². The molecule has 0 aliphatic carbocycles. The van der Waals surface area contributed by atoms with Crippen LogP contribution in [0.2, 0.25) is 10.0 Å². The summed E-state index contributed by atoms with van der Waals surface area (Å²) in [4.78, 5) is 15.0. The molecule has 3 aromatic carbocycles. The van der Waals surface area contributed by atoms with Gasteiger partial charge in [-0.25, -0.2) is 8.42 Å². The van der Waals surface area contributed by atoms with E-state index < -0.39 is 10.0 Å². The van der Waals surface area contributed by atoms with Crippen molar-refractivity contribution >= 4 is 44.8 Å². The zero-order valence-corrected chi connectivity index (χ0v) is 19.8. The molecule has 8 heteroatoms. The summed E-state index contributed by atoms with van der Waals surface area (Å²) < 4.78 is 28.2. The minimum atomic E-state index is -4.03. The number of amides is 1. The number of hydrogen-bond acceptors (Lipinski definition) is 3. The lowest BCUT2D eigenvalue weighted by molar-refractivity contribution is -0.130. The van der Waals surface area contributed by atoms with Crippen LogP contribution < -0.4 is 4.31 Å². The van der Waals surface area contributed by atoms with E-state index in [-0.39, 0.29) is 33.1 Å². The molecule has 0 bridgehead atoms. The molecule has 0 unspecified atom stereocenters. The first-order valence-electron chi connectivity index (χ1n) is 10.1. The van der Waals surface area contributed by atoms with Crippen LogP contribution in [0.4, 0.5) is 5.69 Å². The van der Waals surface area contributed by atoms with Gasteiger partial charge in [0, 0.05) is 23.1 Å². The molecule has 0 radical (unpaired) electrons. The molecule has 5 nitrogen and oxygen atoms in total. The molecule has 1 heterocycles. The molecule has 0 atom stereocenters. The van der Waals surface area contributed by atoms with E-state index in [0.717, 1.165) is 21.9 Å². The summed E-state index contributed by atoms with van der Waals surface area (Å²) >= 11 is 12.3. The predicted octanol–water partition coefficient (Wildman–Crippen LogP) is 5.08. The van der Waals surface area contributed by atoms with Crippen molar-refractivity contribution in [3.05, 3.63) is 93.5 Å². The standard InChI is InChI=1S/C24H22Cl2N2O3S/c1-17-6-8-23(9-7-17)32(30,31)28(22-13-20(25)12-21(26)14-22)16-24(29)27-11-10-18-4-2-3-5-19(18)15-27/h2-9,12-14H,10-11,15-16H2,1H3. The lowest BCUT2D eigenvalue weighted by Crippen LogP contribution is -2.44. The van der Waals surface area contributed by atoms with Crippen molar-refractivity contribution in [2.75, 3.05) is 17.4 Å². The Hall–Kier alpha value is -2.54. The van der Waals surface area contributed by atoms with Gasteiger partial charge in [-0.3, -0.25) is 9.10 Å². The van der Waals surface area contributed by atoms with Gasteiger partial charge in [0.05, 0.1) is 10.6 Å². The molecule has 4 rings (SSSR count). The molecule has 166 valence electrons. The molecule has 0 saturated heterocycles. The third-order valence-electron chi connectivity index (χ3n) is 5.51. The topological polar surface area (TPSA) is 57.7 Å². The molecular formula is C24H22Cl2N2O3S. The normalized spacial score (nSPS) is 13.5. The number of benzene rings is 3. The Morgan fingerprint density at radius 2 is 1.59 bits per heavy atom. The first-order valence-corrected chi connectivity index (χ1v) is 12.3. The van der Waals surface area contributed by atoms with Gasteiger partial charge in [-0.05, 0) is 54.8 Å². The van der Waals surface area contributed by atoms with Gasteiger partial charge >= 0.3 is 0 Å². The van der Waals surface area contributed by atoms with Crippen LogP contribution in [-0.2, 0) is 27.8 Å². The van der Waals surface area contributed by atoms with E-state index in [1.54, 1.807) is 17.0 Å². The van der Waals surface area contributed by atoms with Crippen molar-refractivity contribution in [2.45, 2.75) is 24.8 Å². The zero-order chi connectivity index (χ0) is 22.9. The average molecular weight is 489 g/mol. The van der Waals surface area contributed by atoms with E-state index in [9.17, 15) is 13.2 Å². The molecule has 0 spiro atoms. The summed E-state index contributed by atoms with van der Waals surface area (Å²) in [7, 11) is -4.03. The maximum absolute atomic E-state index is 13.6. The third kappa shape index (κ3) is 4.77. The van der Waals surface area contributed by atoms with E-state index in [1.807, 2.05) is 25.1 Å². The number of sulfonamides is 1. The van der Waals surface area contributed by atoms with Gasteiger partial charge in [0.15, 0.2) is 0 Å². The van der Waals surface area contributed by atoms with E-state index in [1.165, 1.54) is 35.9 Å². The molecule has 1 aliphatic rings. The average Bonchev–Trinajstić information content (AvgIpc) is 2.76. The predicted molar refractivity (Wildman–Crippen MR) is 128 cm³/mol. The van der Waals surface area contributed by atoms with Crippen molar-refractivity contribution in [3.8, 4) is 0 Å². The Labute approximate surface area is 198 Å². The molecule has 0 aromatic heterocycles. The van der Waals surface area contributed by atoms with Gasteiger partial charge in [-0.15, -0.1) is 0 Å². The van der Waals surface area contributed by atoms with Crippen molar-refractivity contribution < 1.29 is 13.2 Å². The summed E-state index contributed by atoms with van der Waals surface area (Å²) in [6, 6.07) is 19.0. The van der Waals surface area contributed by atoms with Crippen LogP contribution in [0.1, 0.15) is 16.7 Å². The number of carbonyl (C=O) groups excluding carboxylic acids is 1. The molecule has 1 aliphatic heterocycles. The van der Waals surface area contributed by atoms with Crippen molar-refractivity contribution in [3.63, 3.8) is 0 Å². The Balaban J connectivity index is 1.68. The van der Waals surface area contributed by atoms with Gasteiger partial charge in [-0.1, -0.05) is 65.2 Å². The monoisotopic (exact) mass is 488 g/mol. The number of rotatable bonds is 5. The minimum absolute atomic E-state index is 0.0935. The molecule has 32 heavy (non-hydrogen) atoms. The van der Waals surface area contributed by atoms with Crippen molar-refractivity contribution in [1.82, 2.24) is 4.90 Å². The Morgan fingerprint density at radius 3 is 2.25 bits per heavy atom. The summed E-state index contributed by atoms with van der Waals surface area (Å²) in [5.41, 5.74) is 3.46. The van der Waals surface area contributed by atoms with Crippen molar-refractivity contribution in [2.24, 2.45) is 0 Å². The smallest absolute Gasteiger partial charge is 0.264 e. The highest BCUT2D eigenvalue weighted by Crippen LogP contribution is 2.30. The van der Waals surface area contributed by atoms with Crippen LogP contribution >= 0.6 is 23.2 Å². The van der Waals surface area contributed by atoms with Gasteiger partial charge < -0.3 is 4.90 Å². The fraction of sp³-hybridized carbons (Fsp3) is 0.208. The maximum Gasteiger partial charge on any atom is 0.264 e. The number of halogens is 2. The fourth-order valence-electron chi connectivity index (χ4n) is 3.77. The summed E-state index contributed by atoms with van der Waals surface area (Å²) in [5.74, 6) is -0.286. The highest BCUT2D eigenvalue weighted by atomic mass is 35.5. The summed E-state index contributed by atoms with van der Waals surface area (Å²) in [6.07, 6.45) is 0.732.